The molecule has 2 N–H and O–H groups in total. The number of nitriles is 1. The lowest BCUT2D eigenvalue weighted by Crippen LogP contribution is -2.10. The van der Waals surface area contributed by atoms with Crippen LogP contribution in [0.3, 0.4) is 0 Å². The molecule has 3 rings (SSSR count). The first-order valence-electron chi connectivity index (χ1n) is 7.06. The Morgan fingerprint density at radius 3 is 2.73 bits per heavy atom. The van der Waals surface area contributed by atoms with E-state index in [1.807, 2.05) is 12.1 Å². The van der Waals surface area contributed by atoms with Gasteiger partial charge in [0.25, 0.3) is 0 Å². The summed E-state index contributed by atoms with van der Waals surface area (Å²) in [5.74, 6) is 1.58. The largest absolute Gasteiger partial charge is 0.369 e. The molecule has 2 heterocycles. The maximum Gasteiger partial charge on any atom is 0.147 e. The van der Waals surface area contributed by atoms with Gasteiger partial charge in [-0.05, 0) is 42.2 Å². The summed E-state index contributed by atoms with van der Waals surface area (Å²) in [7, 11) is 0. The zero-order valence-corrected chi connectivity index (χ0v) is 12.7. The number of pyridine rings is 1. The van der Waals surface area contributed by atoms with Crippen LogP contribution >= 0.6 is 11.5 Å². The van der Waals surface area contributed by atoms with Crippen molar-refractivity contribution in [3.63, 3.8) is 0 Å². The zero-order chi connectivity index (χ0) is 15.2. The van der Waals surface area contributed by atoms with Crippen LogP contribution in [0.2, 0.25) is 0 Å². The first-order chi connectivity index (χ1) is 10.9. The van der Waals surface area contributed by atoms with Gasteiger partial charge in [0.2, 0.25) is 0 Å². The summed E-state index contributed by atoms with van der Waals surface area (Å²) < 4.78 is 5.62. The van der Waals surface area contributed by atoms with Crippen LogP contribution < -0.4 is 10.6 Å². The Bertz CT molecular complexity index is 805. The van der Waals surface area contributed by atoms with E-state index in [4.69, 9.17) is 5.26 Å². The molecule has 0 aliphatic rings. The van der Waals surface area contributed by atoms with E-state index < -0.39 is 0 Å². The molecular formula is C16H15N5S. The molecule has 0 aliphatic carbocycles. The summed E-state index contributed by atoms with van der Waals surface area (Å²) in [5, 5.41) is 16.7. The van der Waals surface area contributed by atoms with Crippen LogP contribution in [0.15, 0.2) is 42.6 Å². The number of hydrogen-bond donors (Lipinski definition) is 2. The SMILES string of the molecule is N#Cc1cccnc1NCCCNc1nsc2ccccc12. The Kier molecular flexibility index (Phi) is 4.47. The van der Waals surface area contributed by atoms with Crippen molar-refractivity contribution in [3.8, 4) is 6.07 Å². The number of aromatic nitrogens is 2. The molecule has 3 aromatic rings. The van der Waals surface area contributed by atoms with Gasteiger partial charge in [-0.25, -0.2) is 4.98 Å². The predicted molar refractivity (Wildman–Crippen MR) is 90.2 cm³/mol. The van der Waals surface area contributed by atoms with Crippen LogP contribution in [0, 0.1) is 11.3 Å². The van der Waals surface area contributed by atoms with Crippen molar-refractivity contribution in [1.82, 2.24) is 9.36 Å². The summed E-state index contributed by atoms with van der Waals surface area (Å²) in [6.07, 6.45) is 2.59. The first-order valence-corrected chi connectivity index (χ1v) is 7.83. The number of benzene rings is 1. The highest BCUT2D eigenvalue weighted by Gasteiger charge is 2.04. The molecule has 5 nitrogen and oxygen atoms in total. The molecule has 0 saturated carbocycles. The van der Waals surface area contributed by atoms with Crippen LogP contribution in [-0.2, 0) is 0 Å². The normalized spacial score (nSPS) is 10.3. The lowest BCUT2D eigenvalue weighted by molar-refractivity contribution is 0.901. The predicted octanol–water partition coefficient (Wildman–Crippen LogP) is 3.48. The number of hydrogen-bond acceptors (Lipinski definition) is 6. The van der Waals surface area contributed by atoms with Crippen molar-refractivity contribution in [3.05, 3.63) is 48.2 Å². The van der Waals surface area contributed by atoms with Gasteiger partial charge < -0.3 is 10.6 Å². The van der Waals surface area contributed by atoms with Gasteiger partial charge in [0.05, 0.1) is 10.3 Å². The molecule has 1 aromatic carbocycles. The van der Waals surface area contributed by atoms with E-state index in [1.165, 1.54) is 16.2 Å². The van der Waals surface area contributed by atoms with Gasteiger partial charge in [0.1, 0.15) is 17.7 Å². The smallest absolute Gasteiger partial charge is 0.147 e. The molecule has 110 valence electrons. The van der Waals surface area contributed by atoms with Crippen LogP contribution in [0.4, 0.5) is 11.6 Å². The lowest BCUT2D eigenvalue weighted by atomic mass is 10.2. The second kappa shape index (κ2) is 6.87. The Morgan fingerprint density at radius 1 is 1.05 bits per heavy atom. The van der Waals surface area contributed by atoms with E-state index in [2.05, 4.69) is 38.2 Å². The van der Waals surface area contributed by atoms with Crippen LogP contribution in [0.1, 0.15) is 12.0 Å². The van der Waals surface area contributed by atoms with E-state index in [1.54, 1.807) is 18.3 Å². The molecule has 2 aromatic heterocycles. The highest BCUT2D eigenvalue weighted by Crippen LogP contribution is 2.25. The van der Waals surface area contributed by atoms with Crippen LogP contribution in [0.5, 0.6) is 0 Å². The first kappa shape index (κ1) is 14.3. The van der Waals surface area contributed by atoms with Gasteiger partial charge >= 0.3 is 0 Å². The fourth-order valence-corrected chi connectivity index (χ4v) is 2.91. The molecule has 0 aliphatic heterocycles. The van der Waals surface area contributed by atoms with Crippen molar-refractivity contribution < 1.29 is 0 Å². The Morgan fingerprint density at radius 2 is 1.86 bits per heavy atom. The molecule has 0 radical (unpaired) electrons. The van der Waals surface area contributed by atoms with E-state index in [9.17, 15) is 0 Å². The maximum absolute atomic E-state index is 9.00. The highest BCUT2D eigenvalue weighted by molar-refractivity contribution is 7.13. The van der Waals surface area contributed by atoms with Crippen molar-refractivity contribution in [1.29, 1.82) is 5.26 Å². The van der Waals surface area contributed by atoms with E-state index in [0.717, 1.165) is 30.7 Å². The average molecular weight is 309 g/mol. The standard InChI is InChI=1S/C16H15N5S/c17-11-12-5-3-8-18-15(12)19-9-4-10-20-16-13-6-1-2-7-14(13)22-21-16/h1-3,5-8H,4,9-10H2,(H,18,19)(H,20,21). The van der Waals surface area contributed by atoms with Gasteiger partial charge in [0.15, 0.2) is 0 Å². The number of nitrogens with one attached hydrogen (secondary N) is 2. The topological polar surface area (TPSA) is 73.6 Å². The van der Waals surface area contributed by atoms with Gasteiger partial charge in [-0.2, -0.15) is 9.64 Å². The van der Waals surface area contributed by atoms with Crippen molar-refractivity contribution in [2.75, 3.05) is 23.7 Å². The number of anilines is 2. The third-order valence-corrected chi connectivity index (χ3v) is 4.07. The minimum Gasteiger partial charge on any atom is -0.369 e. The van der Waals surface area contributed by atoms with Crippen molar-refractivity contribution >= 4 is 33.3 Å². The summed E-state index contributed by atoms with van der Waals surface area (Å²) in [4.78, 5) is 4.17. The Labute approximate surface area is 132 Å². The maximum atomic E-state index is 9.00. The minimum absolute atomic E-state index is 0.570. The second-order valence-electron chi connectivity index (χ2n) is 4.75. The number of nitrogens with zero attached hydrogens (tertiary/aromatic N) is 3. The molecule has 6 heteroatoms. The molecule has 0 amide bonds. The Balaban J connectivity index is 1.49. The lowest BCUT2D eigenvalue weighted by Gasteiger charge is -2.07. The monoisotopic (exact) mass is 309 g/mol. The Hall–Kier alpha value is -2.65. The van der Waals surface area contributed by atoms with Crippen molar-refractivity contribution in [2.45, 2.75) is 6.42 Å². The quantitative estimate of drug-likeness (QED) is 0.682. The molecule has 0 bridgehead atoms. The highest BCUT2D eigenvalue weighted by atomic mass is 32.1. The summed E-state index contributed by atoms with van der Waals surface area (Å²) in [5.41, 5.74) is 0.570. The number of fused-ring (bicyclic) bond motifs is 1. The van der Waals surface area contributed by atoms with Gasteiger partial charge in [-0.1, -0.05) is 12.1 Å². The average Bonchev–Trinajstić information content (AvgIpc) is 2.98. The molecule has 22 heavy (non-hydrogen) atoms. The third kappa shape index (κ3) is 3.15. The molecule has 0 fully saturated rings. The van der Waals surface area contributed by atoms with Gasteiger partial charge in [0, 0.05) is 24.7 Å². The fraction of sp³-hybridized carbons (Fsp3) is 0.188. The molecule has 0 unspecified atom stereocenters. The van der Waals surface area contributed by atoms with Gasteiger partial charge in [-0.15, -0.1) is 0 Å². The van der Waals surface area contributed by atoms with Crippen LogP contribution in [-0.4, -0.2) is 22.4 Å². The minimum atomic E-state index is 0.570. The summed E-state index contributed by atoms with van der Waals surface area (Å²) in [6.45, 7) is 1.57. The van der Waals surface area contributed by atoms with E-state index in [0.29, 0.717) is 11.4 Å². The summed E-state index contributed by atoms with van der Waals surface area (Å²) >= 11 is 1.51. The zero-order valence-electron chi connectivity index (χ0n) is 11.9. The molecule has 0 saturated heterocycles. The molecule has 0 atom stereocenters. The van der Waals surface area contributed by atoms with E-state index >= 15 is 0 Å². The third-order valence-electron chi connectivity index (χ3n) is 3.24. The van der Waals surface area contributed by atoms with Crippen LogP contribution in [0.25, 0.3) is 10.1 Å². The second-order valence-corrected chi connectivity index (χ2v) is 5.55. The van der Waals surface area contributed by atoms with Gasteiger partial charge in [-0.3, -0.25) is 0 Å². The van der Waals surface area contributed by atoms with Crippen molar-refractivity contribution in [2.24, 2.45) is 0 Å². The molecule has 0 spiro atoms. The summed E-state index contributed by atoms with van der Waals surface area (Å²) in [6, 6.07) is 13.8. The molecular weight excluding hydrogens is 294 g/mol. The number of rotatable bonds is 6. The van der Waals surface area contributed by atoms with E-state index in [-0.39, 0.29) is 0 Å². The fourth-order valence-electron chi connectivity index (χ4n) is 2.15.